The first-order valence-electron chi connectivity index (χ1n) is 29.9. The van der Waals surface area contributed by atoms with Gasteiger partial charge in [-0.3, -0.25) is 4.79 Å². The molecule has 0 saturated carbocycles. The van der Waals surface area contributed by atoms with Crippen molar-refractivity contribution in [2.75, 3.05) is 204 Å². The van der Waals surface area contributed by atoms with Crippen LogP contribution in [-0.2, 0) is 69.9 Å². The van der Waals surface area contributed by atoms with Gasteiger partial charge in [-0.15, -0.1) is 11.3 Å². The smallest absolute Gasteiger partial charge is 0.220 e. The second-order valence-electron chi connectivity index (χ2n) is 20.3. The maximum Gasteiger partial charge on any atom is 0.220 e. The van der Waals surface area contributed by atoms with E-state index in [0.717, 1.165) is 125 Å². The Hall–Kier alpha value is -3.68. The highest BCUT2D eigenvalue weighted by Crippen LogP contribution is 2.41. The van der Waals surface area contributed by atoms with Crippen LogP contribution >= 0.6 is 23.1 Å². The van der Waals surface area contributed by atoms with Gasteiger partial charge >= 0.3 is 0 Å². The molecule has 4 aromatic heterocycles. The summed E-state index contributed by atoms with van der Waals surface area (Å²) in [5.74, 6) is 8.86. The van der Waals surface area contributed by atoms with Crippen LogP contribution in [0.1, 0.15) is 86.9 Å². The lowest BCUT2D eigenvalue weighted by atomic mass is 9.95. The normalized spacial score (nSPS) is 14.8. The van der Waals surface area contributed by atoms with Gasteiger partial charge in [0.1, 0.15) is 11.3 Å². The molecule has 0 bridgehead atoms. The summed E-state index contributed by atoms with van der Waals surface area (Å²) in [5.41, 5.74) is 10.5. The number of aryl methyl sites for hydroxylation is 1. The Morgan fingerprint density at radius 3 is 1.73 bits per heavy atom. The van der Waals surface area contributed by atoms with Gasteiger partial charge in [0.05, 0.1) is 160 Å². The maximum atomic E-state index is 12.0. The molecule has 2 aliphatic rings. The molecule has 0 aliphatic carbocycles. The van der Waals surface area contributed by atoms with E-state index in [9.17, 15) is 4.79 Å². The van der Waals surface area contributed by atoms with E-state index in [1.165, 1.54) is 26.9 Å². The van der Waals surface area contributed by atoms with E-state index in [-0.39, 0.29) is 5.91 Å². The minimum Gasteiger partial charge on any atom is -0.382 e. The van der Waals surface area contributed by atoms with Crippen LogP contribution in [0.3, 0.4) is 0 Å². The van der Waals surface area contributed by atoms with E-state index >= 15 is 0 Å². The van der Waals surface area contributed by atoms with Gasteiger partial charge in [-0.2, -0.15) is 0 Å². The number of imidazole rings is 1. The molecule has 0 radical (unpaired) electrons. The molecule has 21 nitrogen and oxygen atoms in total. The summed E-state index contributed by atoms with van der Waals surface area (Å²) >= 11 is 3.40. The fourth-order valence-electron chi connectivity index (χ4n) is 9.59. The Balaban J connectivity index is 0.700. The number of unbranched alkanes of at least 4 members (excludes halogenated alkanes) is 2. The number of fused-ring (bicyclic) bond motifs is 3. The molecule has 0 atom stereocenters. The number of thioether (sulfide) groups is 1. The number of rotatable bonds is 46. The first-order chi connectivity index (χ1) is 40.4. The van der Waals surface area contributed by atoms with Crippen molar-refractivity contribution in [3.05, 3.63) is 34.7 Å². The van der Waals surface area contributed by atoms with Gasteiger partial charge < -0.3 is 77.5 Å². The first-order valence-corrected chi connectivity index (χ1v) is 31.9. The number of carbonyl (C=O) groups excluding carboxylic acids is 1. The number of thiophene rings is 1. The molecule has 2 saturated heterocycles. The number of anilines is 1. The summed E-state index contributed by atoms with van der Waals surface area (Å²) < 4.78 is 65.3. The Morgan fingerprint density at radius 2 is 1.21 bits per heavy atom. The Labute approximate surface area is 495 Å². The van der Waals surface area contributed by atoms with Crippen LogP contribution in [0.2, 0.25) is 0 Å². The number of pyridine rings is 1. The number of nitrogens with two attached hydrogens (primary N) is 1. The number of carbonyl (C=O) groups is 1. The lowest BCUT2D eigenvalue weighted by Crippen LogP contribution is -2.37. The van der Waals surface area contributed by atoms with E-state index in [1.807, 2.05) is 17.6 Å². The van der Waals surface area contributed by atoms with Gasteiger partial charge in [0, 0.05) is 69.8 Å². The van der Waals surface area contributed by atoms with Crippen molar-refractivity contribution in [1.29, 1.82) is 0 Å². The predicted molar refractivity (Wildman–Crippen MR) is 321 cm³/mol. The third-order valence-electron chi connectivity index (χ3n) is 14.2. The van der Waals surface area contributed by atoms with Gasteiger partial charge in [-0.25, -0.2) is 19.9 Å². The zero-order valence-electron chi connectivity index (χ0n) is 49.4. The van der Waals surface area contributed by atoms with Crippen molar-refractivity contribution in [3.8, 4) is 11.8 Å². The van der Waals surface area contributed by atoms with Gasteiger partial charge in [0.15, 0.2) is 11.0 Å². The number of ether oxygens (including phenoxy) is 11. The molecule has 82 heavy (non-hydrogen) atoms. The predicted octanol–water partition coefficient (Wildman–Crippen LogP) is 6.12. The second kappa shape index (κ2) is 42.2. The number of nitrogens with zero attached hydrogens (tertiary/aromatic N) is 7. The summed E-state index contributed by atoms with van der Waals surface area (Å²) in [6.07, 6.45) is 14.8. The molecular formula is C59H95N9O12S2. The lowest BCUT2D eigenvalue weighted by molar-refractivity contribution is -0.121. The number of hydrogen-bond acceptors (Lipinski definition) is 21. The molecule has 6 heterocycles. The molecule has 0 aromatic carbocycles. The largest absolute Gasteiger partial charge is 0.382 e. The van der Waals surface area contributed by atoms with Crippen LogP contribution in [0.15, 0.2) is 23.6 Å². The maximum absolute atomic E-state index is 12.0. The zero-order valence-corrected chi connectivity index (χ0v) is 51.0. The summed E-state index contributed by atoms with van der Waals surface area (Å²) in [6.45, 7) is 21.0. The fraction of sp³-hybridized carbons (Fsp3) is 0.746. The Bertz CT molecular complexity index is 2380. The first kappa shape index (κ1) is 67.4. The van der Waals surface area contributed by atoms with Crippen LogP contribution in [0, 0.1) is 17.8 Å². The highest BCUT2D eigenvalue weighted by atomic mass is 32.2. The summed E-state index contributed by atoms with van der Waals surface area (Å²) in [7, 11) is 1.68. The molecular weight excluding hydrogens is 1090 g/mol. The summed E-state index contributed by atoms with van der Waals surface area (Å²) in [5, 5.41) is 3.58. The van der Waals surface area contributed by atoms with E-state index in [1.54, 1.807) is 19.5 Å². The van der Waals surface area contributed by atoms with Crippen LogP contribution < -0.4 is 11.1 Å². The van der Waals surface area contributed by atoms with Crippen molar-refractivity contribution in [2.45, 2.75) is 88.8 Å². The number of piperidine rings is 2. The highest BCUT2D eigenvalue weighted by Gasteiger charge is 2.27. The standard InChI is InChI=1S/C59H95N9O12S2/c1-4-5-10-53-65-55-56(57-51(64-58(55)60)44-52(82-57)50-14-19-67(20-15-50)22-25-73-29-32-74-27-26-70-2)68(53)47-48-12-17-66(18-13-48)21-24-72-30-33-76-35-37-78-39-41-80-43-42-79-40-38-77-36-34-75-31-28-71-23-16-61-54(69)11-8-6-7-9-49-45-62-59(81-3)63-46-49/h44-46,48,50H,4-6,8,10-43,47H2,1-3H3,(H2,60,64)(H,61,69). The number of aromatic nitrogens is 5. The summed E-state index contributed by atoms with van der Waals surface area (Å²) in [4.78, 5) is 37.0. The van der Waals surface area contributed by atoms with Crippen molar-refractivity contribution in [1.82, 2.24) is 39.6 Å². The molecule has 2 aliphatic heterocycles. The molecule has 0 unspecified atom stereocenters. The van der Waals surface area contributed by atoms with Crippen LogP contribution in [0.5, 0.6) is 0 Å². The molecule has 6 rings (SSSR count). The number of hydrogen-bond donors (Lipinski definition) is 2. The lowest BCUT2D eigenvalue weighted by Gasteiger charge is -2.32. The van der Waals surface area contributed by atoms with Crippen molar-refractivity contribution < 1.29 is 56.9 Å². The monoisotopic (exact) mass is 1190 g/mol. The molecule has 0 spiro atoms. The minimum atomic E-state index is -0.00947. The number of methoxy groups -OCH3 is 1. The van der Waals surface area contributed by atoms with Crippen LogP contribution in [0.25, 0.3) is 21.3 Å². The SMILES string of the molecule is CCCCc1nc2c(N)nc3cc(C4CCN(CCOCCOCCOC)CC4)sc3c2n1CC1CCN(CCOCCOCCOCCOCCOCCOCCOCCOCCNC(=O)CCCC#Cc2cnc(SC)nc2)CC1. The van der Waals surface area contributed by atoms with Crippen molar-refractivity contribution in [2.24, 2.45) is 5.92 Å². The van der Waals surface area contributed by atoms with Gasteiger partial charge in [-0.05, 0) is 88.9 Å². The third-order valence-corrected chi connectivity index (χ3v) is 16.1. The van der Waals surface area contributed by atoms with Crippen LogP contribution in [-0.4, -0.2) is 238 Å². The summed E-state index contributed by atoms with van der Waals surface area (Å²) in [6, 6.07) is 2.31. The number of nitrogen functional groups attached to an aromatic ring is 1. The molecule has 4 aromatic rings. The van der Waals surface area contributed by atoms with E-state index in [2.05, 4.69) is 54.5 Å². The van der Waals surface area contributed by atoms with E-state index in [4.69, 9.17) is 67.8 Å². The average Bonchev–Trinajstić information content (AvgIpc) is 3.03. The molecule has 2 fully saturated rings. The highest BCUT2D eigenvalue weighted by molar-refractivity contribution is 7.98. The molecule has 460 valence electrons. The topological polar surface area (TPSA) is 220 Å². The van der Waals surface area contributed by atoms with Gasteiger partial charge in [0.25, 0.3) is 0 Å². The van der Waals surface area contributed by atoms with Crippen molar-refractivity contribution in [3.63, 3.8) is 0 Å². The fourth-order valence-corrected chi connectivity index (χ4v) is 11.2. The minimum absolute atomic E-state index is 0.00947. The van der Waals surface area contributed by atoms with E-state index < -0.39 is 0 Å². The zero-order chi connectivity index (χ0) is 57.5. The number of amides is 1. The molecule has 23 heteroatoms. The second-order valence-corrected chi connectivity index (χ2v) is 22.1. The van der Waals surface area contributed by atoms with Gasteiger partial charge in [-0.1, -0.05) is 36.9 Å². The Kier molecular flexibility index (Phi) is 34.7. The van der Waals surface area contributed by atoms with Gasteiger partial charge in [0.2, 0.25) is 5.91 Å². The third kappa shape index (κ3) is 26.3. The van der Waals surface area contributed by atoms with E-state index in [0.29, 0.717) is 176 Å². The Morgan fingerprint density at radius 1 is 0.695 bits per heavy atom. The average molecular weight is 1190 g/mol. The molecule has 3 N–H and O–H groups in total. The number of nitrogens with one attached hydrogen (secondary N) is 1. The van der Waals surface area contributed by atoms with Crippen LogP contribution in [0.4, 0.5) is 5.82 Å². The quantitative estimate of drug-likeness (QED) is 0.0220. The number of likely N-dealkylation sites (tertiary alicyclic amines) is 2. The molecule has 1 amide bonds. The van der Waals surface area contributed by atoms with Crippen molar-refractivity contribution >= 4 is 56.1 Å².